The Morgan fingerprint density at radius 1 is 1.56 bits per heavy atom. The summed E-state index contributed by atoms with van der Waals surface area (Å²) in [6.07, 6.45) is 0. The van der Waals surface area contributed by atoms with E-state index in [2.05, 4.69) is 5.10 Å². The number of hydrogen-bond donors (Lipinski definition) is 2. The van der Waals surface area contributed by atoms with Crippen LogP contribution in [0.3, 0.4) is 0 Å². The largest absolute Gasteiger partial charge is 0.382 e. The lowest BCUT2D eigenvalue weighted by molar-refractivity contribution is -0.385. The van der Waals surface area contributed by atoms with E-state index >= 15 is 0 Å². The summed E-state index contributed by atoms with van der Waals surface area (Å²) in [6, 6.07) is 4.65. The number of rotatable bonds is 3. The van der Waals surface area contributed by atoms with Crippen LogP contribution in [0.1, 0.15) is 11.1 Å². The fourth-order valence-corrected chi connectivity index (χ4v) is 1.19. The molecule has 0 atom stereocenters. The zero-order valence-corrected chi connectivity index (χ0v) is 9.04. The zero-order chi connectivity index (χ0) is 12.3. The second kappa shape index (κ2) is 4.58. The number of nitrogens with zero attached hydrogens (tertiary/aromatic N) is 3. The van der Waals surface area contributed by atoms with Crippen LogP contribution in [0.4, 0.5) is 5.69 Å². The van der Waals surface area contributed by atoms with Crippen molar-refractivity contribution in [2.75, 3.05) is 7.05 Å². The molecule has 0 heterocycles. The van der Waals surface area contributed by atoms with Gasteiger partial charge in [-0.15, -0.1) is 5.10 Å². The van der Waals surface area contributed by atoms with Crippen molar-refractivity contribution >= 4 is 11.5 Å². The van der Waals surface area contributed by atoms with Crippen molar-refractivity contribution < 1.29 is 4.92 Å². The van der Waals surface area contributed by atoms with Crippen molar-refractivity contribution in [2.24, 2.45) is 16.7 Å². The molecule has 7 heteroatoms. The van der Waals surface area contributed by atoms with E-state index in [1.165, 1.54) is 13.1 Å². The third-order valence-electron chi connectivity index (χ3n) is 1.97. The highest BCUT2D eigenvalue weighted by Gasteiger charge is 2.12. The van der Waals surface area contributed by atoms with E-state index < -0.39 is 4.92 Å². The maximum Gasteiger partial charge on any atom is 0.273 e. The summed E-state index contributed by atoms with van der Waals surface area (Å²) in [5.74, 6) is 5.42. The molecule has 0 unspecified atom stereocenters. The van der Waals surface area contributed by atoms with E-state index in [1.54, 1.807) is 19.1 Å². The molecule has 0 fully saturated rings. The smallest absolute Gasteiger partial charge is 0.273 e. The van der Waals surface area contributed by atoms with Crippen LogP contribution in [-0.4, -0.2) is 22.9 Å². The summed E-state index contributed by atoms with van der Waals surface area (Å²) in [6.45, 7) is 1.66. The highest BCUT2D eigenvalue weighted by molar-refractivity contribution is 5.97. The maximum atomic E-state index is 10.7. The lowest BCUT2D eigenvalue weighted by Crippen LogP contribution is -2.25. The molecule has 0 aliphatic heterocycles. The van der Waals surface area contributed by atoms with Gasteiger partial charge in [-0.3, -0.25) is 10.1 Å². The molecule has 0 aromatic heterocycles. The molecule has 1 aromatic rings. The van der Waals surface area contributed by atoms with Gasteiger partial charge in [0.1, 0.15) is 0 Å². The Balaban J connectivity index is 3.18. The Hall–Kier alpha value is -2.15. The first kappa shape index (κ1) is 11.9. The molecule has 0 radical (unpaired) electrons. The topological polar surface area (TPSA) is 111 Å². The fourth-order valence-electron chi connectivity index (χ4n) is 1.19. The van der Waals surface area contributed by atoms with Gasteiger partial charge in [0.2, 0.25) is 0 Å². The van der Waals surface area contributed by atoms with Crippen molar-refractivity contribution in [1.29, 1.82) is 0 Å². The summed E-state index contributed by atoms with van der Waals surface area (Å²) < 4.78 is 0. The van der Waals surface area contributed by atoms with Crippen LogP contribution in [0.15, 0.2) is 23.3 Å². The molecule has 0 spiro atoms. The summed E-state index contributed by atoms with van der Waals surface area (Å²) in [5, 5.41) is 15.5. The molecule has 0 amide bonds. The van der Waals surface area contributed by atoms with Crippen LogP contribution in [0.5, 0.6) is 0 Å². The Kier molecular flexibility index (Phi) is 3.41. The van der Waals surface area contributed by atoms with Crippen molar-refractivity contribution in [3.05, 3.63) is 39.4 Å². The predicted octanol–water partition coefficient (Wildman–Crippen LogP) is 0.329. The van der Waals surface area contributed by atoms with Crippen molar-refractivity contribution in [3.63, 3.8) is 0 Å². The van der Waals surface area contributed by atoms with Crippen LogP contribution >= 0.6 is 0 Å². The number of benzene rings is 1. The monoisotopic (exact) mass is 223 g/mol. The molecule has 0 saturated carbocycles. The molecular formula is C9H13N5O2. The van der Waals surface area contributed by atoms with Gasteiger partial charge in [0.25, 0.3) is 5.69 Å². The maximum absolute atomic E-state index is 10.7. The van der Waals surface area contributed by atoms with Gasteiger partial charge in [-0.2, -0.15) is 0 Å². The van der Waals surface area contributed by atoms with E-state index in [9.17, 15) is 10.1 Å². The lowest BCUT2D eigenvalue weighted by atomic mass is 10.1. The average molecular weight is 223 g/mol. The number of amidine groups is 1. The number of nitro groups is 1. The minimum absolute atomic E-state index is 0.00956. The van der Waals surface area contributed by atoms with E-state index in [0.29, 0.717) is 11.1 Å². The van der Waals surface area contributed by atoms with Crippen LogP contribution < -0.4 is 11.6 Å². The molecule has 4 N–H and O–H groups in total. The number of nitrogens with two attached hydrogens (primary N) is 2. The Bertz CT molecular complexity index is 442. The van der Waals surface area contributed by atoms with Crippen molar-refractivity contribution in [2.45, 2.75) is 6.92 Å². The first-order valence-electron chi connectivity index (χ1n) is 4.49. The molecule has 1 aromatic carbocycles. The Morgan fingerprint density at radius 2 is 2.19 bits per heavy atom. The number of hydrazone groups is 1. The van der Waals surface area contributed by atoms with Gasteiger partial charge in [-0.1, -0.05) is 12.1 Å². The van der Waals surface area contributed by atoms with Gasteiger partial charge in [0.05, 0.1) is 4.92 Å². The molecule has 0 saturated heterocycles. The minimum atomic E-state index is -0.460. The normalized spacial score (nSPS) is 11.3. The number of nitro benzene ring substituents is 1. The summed E-state index contributed by atoms with van der Waals surface area (Å²) in [4.78, 5) is 10.2. The molecular weight excluding hydrogens is 210 g/mol. The van der Waals surface area contributed by atoms with Crippen molar-refractivity contribution in [1.82, 2.24) is 5.12 Å². The molecule has 0 bridgehead atoms. The first-order valence-corrected chi connectivity index (χ1v) is 4.49. The fraction of sp³-hybridized carbons (Fsp3) is 0.222. The van der Waals surface area contributed by atoms with Gasteiger partial charge in [0, 0.05) is 24.2 Å². The minimum Gasteiger partial charge on any atom is -0.382 e. The number of hydrazine groups is 1. The van der Waals surface area contributed by atoms with Gasteiger partial charge in [0.15, 0.2) is 5.84 Å². The van der Waals surface area contributed by atoms with E-state index in [0.717, 1.165) is 5.12 Å². The molecule has 0 aliphatic rings. The lowest BCUT2D eigenvalue weighted by Gasteiger charge is -2.07. The number of aryl methyl sites for hydroxylation is 1. The molecule has 86 valence electrons. The van der Waals surface area contributed by atoms with Gasteiger partial charge >= 0.3 is 0 Å². The van der Waals surface area contributed by atoms with Crippen LogP contribution in [0.2, 0.25) is 0 Å². The number of hydrogen-bond acceptors (Lipinski definition) is 5. The Labute approximate surface area is 92.5 Å². The van der Waals surface area contributed by atoms with Crippen molar-refractivity contribution in [3.8, 4) is 0 Å². The Morgan fingerprint density at radius 3 is 2.69 bits per heavy atom. The SMILES string of the molecule is Cc1ccc(/C(N)=N/N(C)N)cc1[N+](=O)[O-]. The summed E-state index contributed by atoms with van der Waals surface area (Å²) in [5.41, 5.74) is 6.67. The first-order chi connectivity index (χ1) is 7.41. The third kappa shape index (κ3) is 2.67. The van der Waals surface area contributed by atoms with E-state index in [-0.39, 0.29) is 11.5 Å². The highest BCUT2D eigenvalue weighted by atomic mass is 16.6. The molecule has 1 rings (SSSR count). The van der Waals surface area contributed by atoms with Crippen LogP contribution in [0, 0.1) is 17.0 Å². The quantitative estimate of drug-likeness (QED) is 0.252. The predicted molar refractivity (Wildman–Crippen MR) is 60.5 cm³/mol. The van der Waals surface area contributed by atoms with Gasteiger partial charge in [-0.05, 0) is 6.92 Å². The van der Waals surface area contributed by atoms with Crippen LogP contribution in [0.25, 0.3) is 0 Å². The molecule has 0 aliphatic carbocycles. The average Bonchev–Trinajstić information content (AvgIpc) is 2.16. The summed E-state index contributed by atoms with van der Waals surface area (Å²) >= 11 is 0. The standard InChI is InChI=1S/C9H13N5O2/c1-6-3-4-7(5-8(6)14(15)16)9(10)12-13(2)11/h3-5H,11H2,1-2H3,(H2,10,12). The third-order valence-corrected chi connectivity index (χ3v) is 1.97. The second-order valence-corrected chi connectivity index (χ2v) is 3.32. The van der Waals surface area contributed by atoms with Gasteiger partial charge < -0.3 is 5.73 Å². The van der Waals surface area contributed by atoms with E-state index in [4.69, 9.17) is 11.6 Å². The molecule has 7 nitrogen and oxygen atoms in total. The summed E-state index contributed by atoms with van der Waals surface area (Å²) in [7, 11) is 1.51. The zero-order valence-electron chi connectivity index (χ0n) is 9.04. The van der Waals surface area contributed by atoms with E-state index in [1.807, 2.05) is 0 Å². The van der Waals surface area contributed by atoms with Gasteiger partial charge in [-0.25, -0.2) is 11.0 Å². The highest BCUT2D eigenvalue weighted by Crippen LogP contribution is 2.18. The van der Waals surface area contributed by atoms with Crippen LogP contribution in [-0.2, 0) is 0 Å². The molecule has 16 heavy (non-hydrogen) atoms. The second-order valence-electron chi connectivity index (χ2n) is 3.32.